The predicted octanol–water partition coefficient (Wildman–Crippen LogP) is 1.94. The molecule has 1 unspecified atom stereocenters. The van der Waals surface area contributed by atoms with Crippen LogP contribution in [0.4, 0.5) is 11.8 Å². The molecular weight excluding hydrogens is 282 g/mol. The molecule has 4 N–H and O–H groups in total. The van der Waals surface area contributed by atoms with Crippen molar-refractivity contribution in [3.05, 3.63) is 10.4 Å². The summed E-state index contributed by atoms with van der Waals surface area (Å²) in [5, 5.41) is 0. The Hall–Kier alpha value is -1.40. The van der Waals surface area contributed by atoms with E-state index in [0.29, 0.717) is 5.95 Å². The highest BCUT2D eigenvalue weighted by Crippen LogP contribution is 2.41. The molecule has 4 rings (SSSR count). The van der Waals surface area contributed by atoms with Crippen LogP contribution in [0, 0.1) is 5.92 Å². The second kappa shape index (κ2) is 4.81. The van der Waals surface area contributed by atoms with Gasteiger partial charge >= 0.3 is 0 Å². The van der Waals surface area contributed by atoms with Gasteiger partial charge in [-0.25, -0.2) is 4.98 Å². The summed E-state index contributed by atoms with van der Waals surface area (Å²) in [6, 6.07) is 0.242. The van der Waals surface area contributed by atoms with Crippen molar-refractivity contribution in [1.82, 2.24) is 9.97 Å². The Balaban J connectivity index is 1.88. The minimum Gasteiger partial charge on any atom is -0.368 e. The van der Waals surface area contributed by atoms with Crippen molar-refractivity contribution in [2.75, 3.05) is 23.7 Å². The molecule has 3 heterocycles. The van der Waals surface area contributed by atoms with Crippen molar-refractivity contribution in [2.45, 2.75) is 38.6 Å². The summed E-state index contributed by atoms with van der Waals surface area (Å²) in [4.78, 5) is 12.8. The number of fused-ring (bicyclic) bond motifs is 3. The van der Waals surface area contributed by atoms with E-state index in [-0.39, 0.29) is 6.04 Å². The molecule has 0 bridgehead atoms. The van der Waals surface area contributed by atoms with Crippen molar-refractivity contribution in [3.8, 4) is 0 Å². The molecule has 0 spiro atoms. The number of rotatable bonds is 1. The average molecular weight is 303 g/mol. The Morgan fingerprint density at radius 2 is 2.14 bits per heavy atom. The molecule has 2 aliphatic rings. The van der Waals surface area contributed by atoms with Crippen LogP contribution in [0.2, 0.25) is 0 Å². The molecular formula is C15H21N5S. The van der Waals surface area contributed by atoms with Gasteiger partial charge in [-0.3, -0.25) is 0 Å². The van der Waals surface area contributed by atoms with E-state index in [9.17, 15) is 0 Å². The van der Waals surface area contributed by atoms with Gasteiger partial charge in [0.2, 0.25) is 5.95 Å². The maximum absolute atomic E-state index is 6.05. The second-order valence-electron chi connectivity index (χ2n) is 6.43. The highest BCUT2D eigenvalue weighted by molar-refractivity contribution is 7.19. The first-order valence-corrected chi connectivity index (χ1v) is 8.51. The quantitative estimate of drug-likeness (QED) is 0.841. The maximum Gasteiger partial charge on any atom is 0.222 e. The van der Waals surface area contributed by atoms with Crippen LogP contribution in [0.15, 0.2) is 0 Å². The zero-order valence-corrected chi connectivity index (χ0v) is 13.1. The number of nitrogens with two attached hydrogens (primary N) is 2. The molecule has 1 saturated heterocycles. The van der Waals surface area contributed by atoms with Crippen molar-refractivity contribution in [1.29, 1.82) is 0 Å². The molecule has 112 valence electrons. The number of hydrogen-bond acceptors (Lipinski definition) is 6. The van der Waals surface area contributed by atoms with E-state index in [1.807, 2.05) is 11.3 Å². The third kappa shape index (κ3) is 2.17. The van der Waals surface area contributed by atoms with Gasteiger partial charge in [0.1, 0.15) is 0 Å². The molecule has 2 atom stereocenters. The van der Waals surface area contributed by atoms with Crippen molar-refractivity contribution >= 4 is 33.3 Å². The zero-order chi connectivity index (χ0) is 14.6. The van der Waals surface area contributed by atoms with Crippen LogP contribution >= 0.6 is 11.3 Å². The molecule has 1 fully saturated rings. The van der Waals surface area contributed by atoms with Gasteiger partial charge in [-0.1, -0.05) is 6.92 Å². The number of hydrogen-bond donors (Lipinski definition) is 2. The first kappa shape index (κ1) is 13.3. The van der Waals surface area contributed by atoms with Gasteiger partial charge in [-0.15, -0.1) is 11.3 Å². The SMILES string of the molecule is CC1CCc2sc3c(N4CC[C@H](N)C4)nc(N)nc3c2C1. The summed E-state index contributed by atoms with van der Waals surface area (Å²) in [5.74, 6) is 2.12. The average Bonchev–Trinajstić information content (AvgIpc) is 3.02. The molecule has 5 nitrogen and oxygen atoms in total. The Morgan fingerprint density at radius 3 is 2.90 bits per heavy atom. The smallest absolute Gasteiger partial charge is 0.222 e. The topological polar surface area (TPSA) is 81.1 Å². The van der Waals surface area contributed by atoms with Gasteiger partial charge in [0, 0.05) is 24.0 Å². The summed E-state index contributed by atoms with van der Waals surface area (Å²) < 4.78 is 1.21. The molecule has 1 aliphatic heterocycles. The molecule has 21 heavy (non-hydrogen) atoms. The van der Waals surface area contributed by atoms with Gasteiger partial charge in [0.25, 0.3) is 0 Å². The van der Waals surface area contributed by atoms with E-state index in [1.165, 1.54) is 21.6 Å². The molecule has 0 saturated carbocycles. The van der Waals surface area contributed by atoms with E-state index in [2.05, 4.69) is 21.8 Å². The summed E-state index contributed by atoms with van der Waals surface area (Å²) in [7, 11) is 0. The summed E-state index contributed by atoms with van der Waals surface area (Å²) in [6.45, 7) is 4.15. The fourth-order valence-corrected chi connectivity index (χ4v) is 4.81. The number of aryl methyl sites for hydroxylation is 1. The van der Waals surface area contributed by atoms with Gasteiger partial charge in [0.05, 0.1) is 10.2 Å². The molecule has 6 heteroatoms. The number of thiophene rings is 1. The lowest BCUT2D eigenvalue weighted by Gasteiger charge is -2.18. The minimum absolute atomic E-state index is 0.242. The highest BCUT2D eigenvalue weighted by Gasteiger charge is 2.27. The van der Waals surface area contributed by atoms with E-state index in [1.54, 1.807) is 0 Å². The van der Waals surface area contributed by atoms with E-state index < -0.39 is 0 Å². The third-order valence-electron chi connectivity index (χ3n) is 4.65. The summed E-state index contributed by atoms with van der Waals surface area (Å²) >= 11 is 1.86. The Morgan fingerprint density at radius 1 is 1.29 bits per heavy atom. The molecule has 0 aromatic carbocycles. The van der Waals surface area contributed by atoms with Crippen LogP contribution in [0.5, 0.6) is 0 Å². The van der Waals surface area contributed by atoms with Crippen molar-refractivity contribution < 1.29 is 0 Å². The van der Waals surface area contributed by atoms with Crippen LogP contribution in [0.1, 0.15) is 30.2 Å². The second-order valence-corrected chi connectivity index (χ2v) is 7.53. The number of aromatic nitrogens is 2. The molecule has 0 amide bonds. The first-order valence-electron chi connectivity index (χ1n) is 7.70. The lowest BCUT2D eigenvalue weighted by atomic mass is 9.89. The van der Waals surface area contributed by atoms with Crippen LogP contribution in [0.3, 0.4) is 0 Å². The first-order chi connectivity index (χ1) is 10.1. The fraction of sp³-hybridized carbons (Fsp3) is 0.600. The van der Waals surface area contributed by atoms with Gasteiger partial charge in [-0.2, -0.15) is 4.98 Å². The maximum atomic E-state index is 6.05. The monoisotopic (exact) mass is 303 g/mol. The van der Waals surface area contributed by atoms with Gasteiger partial charge in [0.15, 0.2) is 5.82 Å². The molecule has 1 aliphatic carbocycles. The number of nitrogen functional groups attached to an aromatic ring is 1. The highest BCUT2D eigenvalue weighted by atomic mass is 32.1. The molecule has 2 aromatic rings. The lowest BCUT2D eigenvalue weighted by molar-refractivity contribution is 0.508. The molecule has 2 aromatic heterocycles. The van der Waals surface area contributed by atoms with Gasteiger partial charge < -0.3 is 16.4 Å². The van der Waals surface area contributed by atoms with E-state index >= 15 is 0 Å². The van der Waals surface area contributed by atoms with Crippen molar-refractivity contribution in [2.24, 2.45) is 11.7 Å². The normalized spacial score (nSPS) is 25.5. The Bertz CT molecular complexity index is 695. The van der Waals surface area contributed by atoms with Crippen LogP contribution in [-0.4, -0.2) is 29.1 Å². The van der Waals surface area contributed by atoms with E-state index in [0.717, 1.165) is 49.6 Å². The molecule has 0 radical (unpaired) electrons. The lowest BCUT2D eigenvalue weighted by Crippen LogP contribution is -2.27. The van der Waals surface area contributed by atoms with Crippen LogP contribution in [-0.2, 0) is 12.8 Å². The minimum atomic E-state index is 0.242. The van der Waals surface area contributed by atoms with Crippen LogP contribution in [0.25, 0.3) is 10.2 Å². The standard InChI is InChI=1S/C15H21N5S/c1-8-2-3-11-10(6-8)12-13(21-11)14(19-15(17)18-12)20-5-4-9(16)7-20/h8-9H,2-7,16H2,1H3,(H2,17,18,19)/t8?,9-/m0/s1. The van der Waals surface area contributed by atoms with Crippen LogP contribution < -0.4 is 16.4 Å². The number of nitrogens with zero attached hydrogens (tertiary/aromatic N) is 3. The summed E-state index contributed by atoms with van der Waals surface area (Å²) in [5.41, 5.74) is 14.5. The largest absolute Gasteiger partial charge is 0.368 e. The fourth-order valence-electron chi connectivity index (χ4n) is 3.51. The van der Waals surface area contributed by atoms with Crippen molar-refractivity contribution in [3.63, 3.8) is 0 Å². The number of anilines is 2. The van der Waals surface area contributed by atoms with Gasteiger partial charge in [-0.05, 0) is 37.2 Å². The predicted molar refractivity (Wildman–Crippen MR) is 87.8 cm³/mol. The Labute approximate surface area is 128 Å². The Kier molecular flexibility index (Phi) is 3.04. The third-order valence-corrected chi connectivity index (χ3v) is 5.93. The van der Waals surface area contributed by atoms with E-state index in [4.69, 9.17) is 11.5 Å². The zero-order valence-electron chi connectivity index (χ0n) is 12.3. The summed E-state index contributed by atoms with van der Waals surface area (Å²) in [6.07, 6.45) is 4.57.